The first-order valence-electron chi connectivity index (χ1n) is 5.52. The number of thiazole rings is 1. The van der Waals surface area contributed by atoms with E-state index in [2.05, 4.69) is 16.4 Å². The minimum absolute atomic E-state index is 0.642. The number of anilines is 1. The molecule has 0 saturated carbocycles. The fourth-order valence-electron chi connectivity index (χ4n) is 1.78. The number of nitrogens with one attached hydrogen (secondary N) is 1. The average molecular weight is 306 g/mol. The second kappa shape index (κ2) is 5.17. The van der Waals surface area contributed by atoms with Crippen molar-refractivity contribution in [3.05, 3.63) is 44.6 Å². The fourth-order valence-corrected chi connectivity index (χ4v) is 3.43. The van der Waals surface area contributed by atoms with Crippen molar-refractivity contribution in [1.29, 1.82) is 5.26 Å². The van der Waals surface area contributed by atoms with Crippen molar-refractivity contribution in [1.82, 2.24) is 4.98 Å². The largest absolute Gasteiger partial charge is 0.377 e. The lowest BCUT2D eigenvalue weighted by Crippen LogP contribution is -1.98. The molecule has 94 valence electrons. The van der Waals surface area contributed by atoms with Crippen LogP contribution in [-0.4, -0.2) is 4.98 Å². The highest BCUT2D eigenvalue weighted by atomic mass is 35.5. The molecule has 0 radical (unpaired) electrons. The number of nitrogens with zero attached hydrogens (tertiary/aromatic N) is 2. The number of thiophene rings is 1. The highest BCUT2D eigenvalue weighted by molar-refractivity contribution is 7.16. The van der Waals surface area contributed by atoms with Gasteiger partial charge in [0.15, 0.2) is 0 Å². The van der Waals surface area contributed by atoms with Gasteiger partial charge in [-0.25, -0.2) is 4.98 Å². The average Bonchev–Trinajstić information content (AvgIpc) is 3.05. The third kappa shape index (κ3) is 2.43. The van der Waals surface area contributed by atoms with E-state index in [0.29, 0.717) is 11.6 Å². The van der Waals surface area contributed by atoms with Crippen LogP contribution in [0.2, 0.25) is 5.02 Å². The molecule has 0 aliphatic heterocycles. The Bertz CT molecular complexity index is 770. The van der Waals surface area contributed by atoms with Gasteiger partial charge in [-0.2, -0.15) is 5.26 Å². The van der Waals surface area contributed by atoms with Crippen LogP contribution in [0.5, 0.6) is 0 Å². The molecule has 3 rings (SSSR count). The molecular weight excluding hydrogens is 298 g/mol. The zero-order valence-corrected chi connectivity index (χ0v) is 12.1. The Morgan fingerprint density at radius 1 is 1.32 bits per heavy atom. The Balaban J connectivity index is 1.87. The number of benzene rings is 1. The van der Waals surface area contributed by atoms with E-state index in [1.54, 1.807) is 11.3 Å². The normalized spacial score (nSPS) is 10.5. The Morgan fingerprint density at radius 2 is 2.21 bits per heavy atom. The van der Waals surface area contributed by atoms with Gasteiger partial charge in [0.05, 0.1) is 20.9 Å². The molecule has 0 aliphatic carbocycles. The van der Waals surface area contributed by atoms with E-state index >= 15 is 0 Å². The molecule has 2 aromatic heterocycles. The Hall–Kier alpha value is -1.61. The standard InChI is InChI=1S/C13H8ClN3S2/c14-10-3-4-11-13(17-7-18-11)12(10)16-6-9-2-1-8(5-15)19-9/h1-4,7,16H,6H2. The number of rotatable bonds is 3. The SMILES string of the molecule is N#Cc1ccc(CNc2c(Cl)ccc3scnc23)s1. The lowest BCUT2D eigenvalue weighted by molar-refractivity contribution is 1.20. The van der Waals surface area contributed by atoms with Gasteiger partial charge in [0.25, 0.3) is 0 Å². The number of halogens is 1. The van der Waals surface area contributed by atoms with Gasteiger partial charge >= 0.3 is 0 Å². The summed E-state index contributed by atoms with van der Waals surface area (Å²) in [6.07, 6.45) is 0. The molecule has 1 N–H and O–H groups in total. The van der Waals surface area contributed by atoms with Crippen LogP contribution < -0.4 is 5.32 Å². The maximum absolute atomic E-state index is 8.80. The molecular formula is C13H8ClN3S2. The van der Waals surface area contributed by atoms with Gasteiger partial charge in [0.2, 0.25) is 0 Å². The molecule has 0 saturated heterocycles. The molecule has 3 nitrogen and oxygen atoms in total. The fraction of sp³-hybridized carbons (Fsp3) is 0.0769. The van der Waals surface area contributed by atoms with Crippen LogP contribution in [0.1, 0.15) is 9.75 Å². The Labute approximate surface area is 123 Å². The minimum Gasteiger partial charge on any atom is -0.377 e. The van der Waals surface area contributed by atoms with Gasteiger partial charge in [-0.3, -0.25) is 0 Å². The monoisotopic (exact) mass is 305 g/mol. The highest BCUT2D eigenvalue weighted by Gasteiger charge is 2.09. The van der Waals surface area contributed by atoms with Gasteiger partial charge < -0.3 is 5.32 Å². The molecule has 0 spiro atoms. The molecule has 3 aromatic rings. The number of fused-ring (bicyclic) bond motifs is 1. The van der Waals surface area contributed by atoms with E-state index in [1.807, 2.05) is 29.8 Å². The summed E-state index contributed by atoms with van der Waals surface area (Å²) in [4.78, 5) is 6.15. The summed E-state index contributed by atoms with van der Waals surface area (Å²) in [7, 11) is 0. The lowest BCUT2D eigenvalue weighted by atomic mass is 10.3. The van der Waals surface area contributed by atoms with Crippen LogP contribution in [0.4, 0.5) is 5.69 Å². The van der Waals surface area contributed by atoms with Gasteiger partial charge in [-0.15, -0.1) is 22.7 Å². The van der Waals surface area contributed by atoms with E-state index in [-0.39, 0.29) is 0 Å². The summed E-state index contributed by atoms with van der Waals surface area (Å²) >= 11 is 9.28. The van der Waals surface area contributed by atoms with E-state index < -0.39 is 0 Å². The Kier molecular flexibility index (Phi) is 3.38. The second-order valence-corrected chi connectivity index (χ2v) is 6.31. The van der Waals surface area contributed by atoms with Gasteiger partial charge in [-0.05, 0) is 24.3 Å². The summed E-state index contributed by atoms with van der Waals surface area (Å²) in [5, 5.41) is 12.8. The van der Waals surface area contributed by atoms with Crippen molar-refractivity contribution >= 4 is 50.2 Å². The van der Waals surface area contributed by atoms with Crippen molar-refractivity contribution in [2.75, 3.05) is 5.32 Å². The van der Waals surface area contributed by atoms with Gasteiger partial charge in [0, 0.05) is 11.4 Å². The zero-order valence-electron chi connectivity index (χ0n) is 9.68. The summed E-state index contributed by atoms with van der Waals surface area (Å²) in [5.41, 5.74) is 3.56. The summed E-state index contributed by atoms with van der Waals surface area (Å²) in [6.45, 7) is 0.642. The number of hydrogen-bond donors (Lipinski definition) is 1. The lowest BCUT2D eigenvalue weighted by Gasteiger charge is -2.07. The number of nitriles is 1. The summed E-state index contributed by atoms with van der Waals surface area (Å²) in [5.74, 6) is 0. The predicted molar refractivity (Wildman–Crippen MR) is 81.0 cm³/mol. The third-order valence-electron chi connectivity index (χ3n) is 2.66. The van der Waals surface area contributed by atoms with Crippen LogP contribution in [0, 0.1) is 11.3 Å². The number of aromatic nitrogens is 1. The zero-order chi connectivity index (χ0) is 13.2. The van der Waals surface area contributed by atoms with Crippen molar-refractivity contribution in [2.45, 2.75) is 6.54 Å². The summed E-state index contributed by atoms with van der Waals surface area (Å²) < 4.78 is 1.11. The van der Waals surface area contributed by atoms with Crippen LogP contribution in [0.25, 0.3) is 10.2 Å². The molecule has 0 amide bonds. The smallest absolute Gasteiger partial charge is 0.110 e. The molecule has 0 atom stereocenters. The first kappa shape index (κ1) is 12.4. The maximum atomic E-state index is 8.80. The molecule has 1 aromatic carbocycles. The molecule has 2 heterocycles. The molecule has 0 unspecified atom stereocenters. The second-order valence-electron chi connectivity index (χ2n) is 3.85. The minimum atomic E-state index is 0.642. The first-order valence-corrected chi connectivity index (χ1v) is 7.60. The molecule has 0 bridgehead atoms. The van der Waals surface area contributed by atoms with Gasteiger partial charge in [-0.1, -0.05) is 11.6 Å². The van der Waals surface area contributed by atoms with E-state index in [9.17, 15) is 0 Å². The van der Waals surface area contributed by atoms with Crippen molar-refractivity contribution < 1.29 is 0 Å². The van der Waals surface area contributed by atoms with Crippen molar-refractivity contribution in [2.24, 2.45) is 0 Å². The van der Waals surface area contributed by atoms with Crippen LogP contribution in [-0.2, 0) is 6.54 Å². The quantitative estimate of drug-likeness (QED) is 0.775. The van der Waals surface area contributed by atoms with E-state index in [4.69, 9.17) is 16.9 Å². The maximum Gasteiger partial charge on any atom is 0.110 e. The van der Waals surface area contributed by atoms with Crippen LogP contribution in [0.3, 0.4) is 0 Å². The number of hydrogen-bond acceptors (Lipinski definition) is 5. The van der Waals surface area contributed by atoms with E-state index in [0.717, 1.165) is 25.7 Å². The van der Waals surface area contributed by atoms with Crippen molar-refractivity contribution in [3.63, 3.8) is 0 Å². The Morgan fingerprint density at radius 3 is 3.00 bits per heavy atom. The summed E-state index contributed by atoms with van der Waals surface area (Å²) in [6, 6.07) is 9.76. The highest BCUT2D eigenvalue weighted by Crippen LogP contribution is 2.32. The molecule has 0 aliphatic rings. The molecule has 19 heavy (non-hydrogen) atoms. The first-order chi connectivity index (χ1) is 9.28. The van der Waals surface area contributed by atoms with Crippen LogP contribution in [0.15, 0.2) is 29.8 Å². The molecule has 6 heteroatoms. The van der Waals surface area contributed by atoms with Gasteiger partial charge in [0.1, 0.15) is 16.5 Å². The molecule has 0 fully saturated rings. The van der Waals surface area contributed by atoms with Crippen molar-refractivity contribution in [3.8, 4) is 6.07 Å². The third-order valence-corrected chi connectivity index (χ3v) is 4.76. The topological polar surface area (TPSA) is 48.7 Å². The van der Waals surface area contributed by atoms with E-state index in [1.165, 1.54) is 11.3 Å². The van der Waals surface area contributed by atoms with Crippen LogP contribution >= 0.6 is 34.3 Å². The predicted octanol–water partition coefficient (Wildman–Crippen LogP) is 4.49.